The number of carbonyl (C=O) groups excluding carboxylic acids is 1. The Hall–Kier alpha value is -1.70. The summed E-state index contributed by atoms with van der Waals surface area (Å²) in [7, 11) is 0. The minimum atomic E-state index is 0.226. The summed E-state index contributed by atoms with van der Waals surface area (Å²) < 4.78 is 0. The summed E-state index contributed by atoms with van der Waals surface area (Å²) in [4.78, 5) is 16.8. The fourth-order valence-electron chi connectivity index (χ4n) is 3.24. The van der Waals surface area contributed by atoms with Crippen molar-refractivity contribution in [3.63, 3.8) is 0 Å². The molecular formula is C17H19NO. The molecule has 0 bridgehead atoms. The van der Waals surface area contributed by atoms with Gasteiger partial charge in [-0.25, -0.2) is 0 Å². The minimum Gasteiger partial charge on any atom is -0.294 e. The SMILES string of the molecule is CCC1CCC(C(=O)c2cccc3cnccc23)C1. The van der Waals surface area contributed by atoms with E-state index in [-0.39, 0.29) is 5.92 Å². The third kappa shape index (κ3) is 2.27. The second-order valence-electron chi connectivity index (χ2n) is 5.55. The van der Waals surface area contributed by atoms with Crippen molar-refractivity contribution in [2.24, 2.45) is 11.8 Å². The van der Waals surface area contributed by atoms with Gasteiger partial charge in [-0.05, 0) is 36.6 Å². The zero-order valence-corrected chi connectivity index (χ0v) is 11.3. The average Bonchev–Trinajstić information content (AvgIpc) is 2.95. The number of Topliss-reactive ketones (excluding diaryl/α,β-unsaturated/α-hetero) is 1. The predicted octanol–water partition coefficient (Wildman–Crippen LogP) is 4.24. The molecule has 2 atom stereocenters. The number of aromatic nitrogens is 1. The molecule has 0 saturated heterocycles. The quantitative estimate of drug-likeness (QED) is 0.766. The van der Waals surface area contributed by atoms with Crippen LogP contribution < -0.4 is 0 Å². The van der Waals surface area contributed by atoms with Crippen LogP contribution in [0.2, 0.25) is 0 Å². The number of carbonyl (C=O) groups is 1. The summed E-state index contributed by atoms with van der Waals surface area (Å²) >= 11 is 0. The van der Waals surface area contributed by atoms with Gasteiger partial charge in [-0.3, -0.25) is 9.78 Å². The second-order valence-corrected chi connectivity index (χ2v) is 5.55. The molecule has 1 aliphatic carbocycles. The van der Waals surface area contributed by atoms with E-state index in [1.54, 1.807) is 6.20 Å². The standard InChI is InChI=1S/C17H19NO/c1-2-12-6-7-13(10-12)17(19)16-5-3-4-14-11-18-9-8-15(14)16/h3-5,8-9,11-13H,2,6-7,10H2,1H3. The van der Waals surface area contributed by atoms with E-state index in [1.165, 1.54) is 12.8 Å². The van der Waals surface area contributed by atoms with Gasteiger partial charge in [0.15, 0.2) is 5.78 Å². The highest BCUT2D eigenvalue weighted by molar-refractivity contribution is 6.09. The molecule has 0 N–H and O–H groups in total. The molecule has 3 rings (SSSR count). The van der Waals surface area contributed by atoms with Crippen LogP contribution in [0.1, 0.15) is 43.0 Å². The molecule has 1 fully saturated rings. The zero-order chi connectivity index (χ0) is 13.2. The lowest BCUT2D eigenvalue weighted by Crippen LogP contribution is -2.12. The number of pyridine rings is 1. The second kappa shape index (κ2) is 5.12. The van der Waals surface area contributed by atoms with Crippen molar-refractivity contribution in [1.29, 1.82) is 0 Å². The summed E-state index contributed by atoms with van der Waals surface area (Å²) in [6, 6.07) is 7.89. The van der Waals surface area contributed by atoms with Crippen LogP contribution in [-0.2, 0) is 0 Å². The van der Waals surface area contributed by atoms with Gasteiger partial charge >= 0.3 is 0 Å². The number of nitrogens with zero attached hydrogens (tertiary/aromatic N) is 1. The van der Waals surface area contributed by atoms with Crippen molar-refractivity contribution in [3.05, 3.63) is 42.2 Å². The highest BCUT2D eigenvalue weighted by atomic mass is 16.1. The molecule has 0 spiro atoms. The van der Waals surface area contributed by atoms with Crippen LogP contribution in [0.3, 0.4) is 0 Å². The van der Waals surface area contributed by atoms with Crippen molar-refractivity contribution >= 4 is 16.6 Å². The molecule has 1 saturated carbocycles. The highest BCUT2D eigenvalue weighted by Crippen LogP contribution is 2.35. The molecule has 2 unspecified atom stereocenters. The van der Waals surface area contributed by atoms with Gasteiger partial charge in [0.25, 0.3) is 0 Å². The van der Waals surface area contributed by atoms with Crippen LogP contribution in [0.5, 0.6) is 0 Å². The summed E-state index contributed by atoms with van der Waals surface area (Å²) in [5.41, 5.74) is 0.877. The van der Waals surface area contributed by atoms with Crippen LogP contribution in [0.4, 0.5) is 0 Å². The highest BCUT2D eigenvalue weighted by Gasteiger charge is 2.29. The first-order valence-electron chi connectivity index (χ1n) is 7.16. The van der Waals surface area contributed by atoms with Crippen LogP contribution in [0.15, 0.2) is 36.7 Å². The van der Waals surface area contributed by atoms with E-state index in [1.807, 2.05) is 30.5 Å². The molecule has 1 heterocycles. The molecule has 0 radical (unpaired) electrons. The fraction of sp³-hybridized carbons (Fsp3) is 0.412. The first kappa shape index (κ1) is 12.3. The van der Waals surface area contributed by atoms with Crippen LogP contribution >= 0.6 is 0 Å². The molecule has 98 valence electrons. The molecule has 19 heavy (non-hydrogen) atoms. The van der Waals surface area contributed by atoms with E-state index in [0.29, 0.717) is 5.78 Å². The van der Waals surface area contributed by atoms with Gasteiger partial charge in [0.05, 0.1) is 0 Å². The molecular weight excluding hydrogens is 234 g/mol. The summed E-state index contributed by atoms with van der Waals surface area (Å²) in [5.74, 6) is 1.29. The number of rotatable bonds is 3. The molecule has 2 nitrogen and oxygen atoms in total. The smallest absolute Gasteiger partial charge is 0.166 e. The van der Waals surface area contributed by atoms with Gasteiger partial charge in [0.2, 0.25) is 0 Å². The zero-order valence-electron chi connectivity index (χ0n) is 11.3. The predicted molar refractivity (Wildman–Crippen MR) is 77.2 cm³/mol. The van der Waals surface area contributed by atoms with E-state index in [0.717, 1.165) is 35.1 Å². The Morgan fingerprint density at radius 3 is 3.00 bits per heavy atom. The molecule has 0 aliphatic heterocycles. The lowest BCUT2D eigenvalue weighted by molar-refractivity contribution is 0.0921. The Bertz CT molecular complexity index is 600. The Kier molecular flexibility index (Phi) is 3.33. The lowest BCUT2D eigenvalue weighted by atomic mass is 9.92. The van der Waals surface area contributed by atoms with Crippen molar-refractivity contribution in [1.82, 2.24) is 4.98 Å². The lowest BCUT2D eigenvalue weighted by Gasteiger charge is -2.11. The van der Waals surface area contributed by atoms with Gasteiger partial charge in [-0.15, -0.1) is 0 Å². The van der Waals surface area contributed by atoms with Crippen LogP contribution in [0, 0.1) is 11.8 Å². The topological polar surface area (TPSA) is 30.0 Å². The molecule has 1 aromatic carbocycles. The number of fused-ring (bicyclic) bond motifs is 1. The largest absolute Gasteiger partial charge is 0.294 e. The minimum absolute atomic E-state index is 0.226. The first-order chi connectivity index (χ1) is 9.29. The van der Waals surface area contributed by atoms with E-state index in [9.17, 15) is 4.79 Å². The van der Waals surface area contributed by atoms with Crippen molar-refractivity contribution in [2.75, 3.05) is 0 Å². The normalized spacial score (nSPS) is 22.8. The van der Waals surface area contributed by atoms with Gasteiger partial charge < -0.3 is 0 Å². The van der Waals surface area contributed by atoms with Crippen LogP contribution in [-0.4, -0.2) is 10.8 Å². The maximum atomic E-state index is 12.7. The average molecular weight is 253 g/mol. The molecule has 2 aromatic rings. The maximum absolute atomic E-state index is 12.7. The Morgan fingerprint density at radius 1 is 1.32 bits per heavy atom. The number of hydrogen-bond acceptors (Lipinski definition) is 2. The van der Waals surface area contributed by atoms with Crippen molar-refractivity contribution < 1.29 is 4.79 Å². The third-order valence-corrected chi connectivity index (χ3v) is 4.44. The van der Waals surface area contributed by atoms with E-state index in [2.05, 4.69) is 11.9 Å². The van der Waals surface area contributed by atoms with Gasteiger partial charge in [-0.2, -0.15) is 0 Å². The van der Waals surface area contributed by atoms with E-state index in [4.69, 9.17) is 0 Å². The van der Waals surface area contributed by atoms with Crippen molar-refractivity contribution in [2.45, 2.75) is 32.6 Å². The maximum Gasteiger partial charge on any atom is 0.166 e. The third-order valence-electron chi connectivity index (χ3n) is 4.44. The number of ketones is 1. The van der Waals surface area contributed by atoms with Crippen molar-refractivity contribution in [3.8, 4) is 0 Å². The monoisotopic (exact) mass is 253 g/mol. The summed E-state index contributed by atoms with van der Waals surface area (Å²) in [5, 5.41) is 2.10. The Balaban J connectivity index is 1.94. The van der Waals surface area contributed by atoms with Gasteiger partial charge in [0.1, 0.15) is 0 Å². The van der Waals surface area contributed by atoms with E-state index < -0.39 is 0 Å². The van der Waals surface area contributed by atoms with Crippen LogP contribution in [0.25, 0.3) is 10.8 Å². The molecule has 1 aliphatic rings. The number of benzene rings is 1. The Morgan fingerprint density at radius 2 is 2.21 bits per heavy atom. The van der Waals surface area contributed by atoms with Gasteiger partial charge in [-0.1, -0.05) is 31.5 Å². The fourth-order valence-corrected chi connectivity index (χ4v) is 3.24. The van der Waals surface area contributed by atoms with E-state index >= 15 is 0 Å². The molecule has 1 aromatic heterocycles. The molecule has 0 amide bonds. The first-order valence-corrected chi connectivity index (χ1v) is 7.16. The summed E-state index contributed by atoms with van der Waals surface area (Å²) in [6.07, 6.45) is 8.12. The summed E-state index contributed by atoms with van der Waals surface area (Å²) in [6.45, 7) is 2.22. The Labute approximate surface area is 113 Å². The van der Waals surface area contributed by atoms with Gasteiger partial charge in [0, 0.05) is 29.3 Å². The number of hydrogen-bond donors (Lipinski definition) is 0. The molecule has 2 heteroatoms.